The Balaban J connectivity index is 1.78. The summed E-state index contributed by atoms with van der Waals surface area (Å²) in [6.45, 7) is 4.48. The number of carboxylic acids is 1. The van der Waals surface area contributed by atoms with E-state index in [-0.39, 0.29) is 0 Å². The van der Waals surface area contributed by atoms with Crippen molar-refractivity contribution in [1.29, 1.82) is 0 Å². The molecule has 1 saturated carbocycles. The Hall–Kier alpha value is -0.570. The summed E-state index contributed by atoms with van der Waals surface area (Å²) < 4.78 is 0. The zero-order valence-electron chi connectivity index (χ0n) is 9.67. The van der Waals surface area contributed by atoms with Crippen LogP contribution in [-0.4, -0.2) is 24.2 Å². The van der Waals surface area contributed by atoms with Crippen LogP contribution in [0.4, 0.5) is 0 Å². The molecule has 1 rings (SSSR count). The molecule has 0 aromatic rings. The highest BCUT2D eigenvalue weighted by Gasteiger charge is 2.27. The van der Waals surface area contributed by atoms with Crippen LogP contribution in [0, 0.1) is 11.8 Å². The first kappa shape index (κ1) is 12.5. The molecule has 0 aromatic carbocycles. The van der Waals surface area contributed by atoms with Gasteiger partial charge in [0.15, 0.2) is 0 Å². The van der Waals surface area contributed by atoms with Crippen LogP contribution in [0.25, 0.3) is 0 Å². The molecule has 1 aliphatic rings. The number of carboxylic acid groups (broad SMARTS) is 1. The second kappa shape index (κ2) is 6.83. The molecule has 0 amide bonds. The van der Waals surface area contributed by atoms with E-state index in [1.165, 1.54) is 12.8 Å². The summed E-state index contributed by atoms with van der Waals surface area (Å²) in [6, 6.07) is 0. The third kappa shape index (κ3) is 6.50. The Labute approximate surface area is 92.3 Å². The number of rotatable bonds is 9. The van der Waals surface area contributed by atoms with Crippen molar-refractivity contribution in [2.45, 2.75) is 45.4 Å². The predicted molar refractivity (Wildman–Crippen MR) is 60.9 cm³/mol. The fraction of sp³-hybridized carbons (Fsp3) is 0.917. The molecule has 15 heavy (non-hydrogen) atoms. The largest absolute Gasteiger partial charge is 0.481 e. The molecular weight excluding hydrogens is 190 g/mol. The minimum Gasteiger partial charge on any atom is -0.481 e. The van der Waals surface area contributed by atoms with E-state index in [9.17, 15) is 4.79 Å². The summed E-state index contributed by atoms with van der Waals surface area (Å²) in [5.41, 5.74) is 0. The van der Waals surface area contributed by atoms with E-state index in [0.29, 0.717) is 6.42 Å². The maximum atomic E-state index is 10.2. The van der Waals surface area contributed by atoms with Crippen LogP contribution in [0.3, 0.4) is 0 Å². The molecule has 0 radical (unpaired) electrons. The van der Waals surface area contributed by atoms with Crippen molar-refractivity contribution in [2.24, 2.45) is 11.8 Å². The maximum absolute atomic E-state index is 10.2. The van der Waals surface area contributed by atoms with Crippen molar-refractivity contribution >= 4 is 5.97 Å². The summed E-state index contributed by atoms with van der Waals surface area (Å²) in [4.78, 5) is 10.2. The highest BCUT2D eigenvalue weighted by atomic mass is 16.4. The Morgan fingerprint density at radius 2 is 2.13 bits per heavy atom. The van der Waals surface area contributed by atoms with E-state index in [2.05, 4.69) is 12.2 Å². The number of hydrogen-bond donors (Lipinski definition) is 2. The van der Waals surface area contributed by atoms with Crippen molar-refractivity contribution < 1.29 is 9.90 Å². The molecule has 1 atom stereocenters. The lowest BCUT2D eigenvalue weighted by Crippen LogP contribution is -2.23. The Morgan fingerprint density at radius 3 is 2.73 bits per heavy atom. The minimum absolute atomic E-state index is 0.318. The standard InChI is InChI=1S/C12H23NO2/c1-10(11-6-7-11)9-13-8-4-2-3-5-12(14)15/h10-11,13H,2-9H2,1H3,(H,14,15). The minimum atomic E-state index is -0.676. The van der Waals surface area contributed by atoms with Gasteiger partial charge >= 0.3 is 5.97 Å². The average molecular weight is 213 g/mol. The molecule has 3 nitrogen and oxygen atoms in total. The summed E-state index contributed by atoms with van der Waals surface area (Å²) in [6.07, 6.45) is 6.10. The topological polar surface area (TPSA) is 49.3 Å². The van der Waals surface area contributed by atoms with Crippen molar-refractivity contribution in [3.8, 4) is 0 Å². The van der Waals surface area contributed by atoms with Crippen LogP contribution in [0.15, 0.2) is 0 Å². The smallest absolute Gasteiger partial charge is 0.303 e. The van der Waals surface area contributed by atoms with Gasteiger partial charge in [-0.15, -0.1) is 0 Å². The molecule has 3 heteroatoms. The van der Waals surface area contributed by atoms with Crippen LogP contribution in [0.2, 0.25) is 0 Å². The van der Waals surface area contributed by atoms with Crippen LogP contribution >= 0.6 is 0 Å². The van der Waals surface area contributed by atoms with Crippen LogP contribution in [0.5, 0.6) is 0 Å². The molecule has 88 valence electrons. The number of hydrogen-bond acceptors (Lipinski definition) is 2. The van der Waals surface area contributed by atoms with Gasteiger partial charge in [-0.2, -0.15) is 0 Å². The molecule has 0 heterocycles. The molecule has 2 N–H and O–H groups in total. The van der Waals surface area contributed by atoms with E-state index in [1.807, 2.05) is 0 Å². The SMILES string of the molecule is CC(CNCCCCCC(=O)O)C1CC1. The molecule has 1 unspecified atom stereocenters. The monoisotopic (exact) mass is 213 g/mol. The lowest BCUT2D eigenvalue weighted by Gasteiger charge is -2.10. The van der Waals surface area contributed by atoms with Crippen molar-refractivity contribution in [2.75, 3.05) is 13.1 Å². The maximum Gasteiger partial charge on any atom is 0.303 e. The van der Waals surface area contributed by atoms with Gasteiger partial charge in [-0.1, -0.05) is 13.3 Å². The van der Waals surface area contributed by atoms with Gasteiger partial charge in [0.05, 0.1) is 0 Å². The van der Waals surface area contributed by atoms with Gasteiger partial charge in [0.25, 0.3) is 0 Å². The predicted octanol–water partition coefficient (Wildman–Crippen LogP) is 2.27. The molecule has 1 aliphatic carbocycles. The zero-order chi connectivity index (χ0) is 11.1. The molecule has 0 bridgehead atoms. The van der Waals surface area contributed by atoms with E-state index in [4.69, 9.17) is 5.11 Å². The summed E-state index contributed by atoms with van der Waals surface area (Å²) in [7, 11) is 0. The first-order chi connectivity index (χ1) is 7.20. The lowest BCUT2D eigenvalue weighted by molar-refractivity contribution is -0.137. The van der Waals surface area contributed by atoms with Gasteiger partial charge in [-0.25, -0.2) is 0 Å². The Bertz CT molecular complexity index is 190. The second-order valence-electron chi connectivity index (χ2n) is 4.72. The van der Waals surface area contributed by atoms with Crippen LogP contribution in [-0.2, 0) is 4.79 Å². The molecule has 0 saturated heterocycles. The van der Waals surface area contributed by atoms with Gasteiger partial charge in [0.2, 0.25) is 0 Å². The second-order valence-corrected chi connectivity index (χ2v) is 4.72. The molecule has 0 aliphatic heterocycles. The van der Waals surface area contributed by atoms with Gasteiger partial charge in [-0.3, -0.25) is 4.79 Å². The molecule has 0 aromatic heterocycles. The van der Waals surface area contributed by atoms with Crippen LogP contribution in [0.1, 0.15) is 45.4 Å². The number of nitrogens with one attached hydrogen (secondary N) is 1. The highest BCUT2D eigenvalue weighted by Crippen LogP contribution is 2.35. The lowest BCUT2D eigenvalue weighted by atomic mass is 10.1. The van der Waals surface area contributed by atoms with E-state index in [0.717, 1.165) is 44.2 Å². The fourth-order valence-corrected chi connectivity index (χ4v) is 1.86. The Morgan fingerprint density at radius 1 is 1.40 bits per heavy atom. The molecule has 0 spiro atoms. The van der Waals surface area contributed by atoms with E-state index < -0.39 is 5.97 Å². The van der Waals surface area contributed by atoms with Crippen molar-refractivity contribution in [1.82, 2.24) is 5.32 Å². The van der Waals surface area contributed by atoms with Gasteiger partial charge in [0.1, 0.15) is 0 Å². The fourth-order valence-electron chi connectivity index (χ4n) is 1.86. The van der Waals surface area contributed by atoms with Crippen LogP contribution < -0.4 is 5.32 Å². The van der Waals surface area contributed by atoms with Crippen molar-refractivity contribution in [3.05, 3.63) is 0 Å². The van der Waals surface area contributed by atoms with Gasteiger partial charge in [-0.05, 0) is 50.6 Å². The number of carbonyl (C=O) groups is 1. The van der Waals surface area contributed by atoms with Gasteiger partial charge < -0.3 is 10.4 Å². The molecular formula is C12H23NO2. The summed E-state index contributed by atoms with van der Waals surface area (Å²) in [5, 5.41) is 11.9. The van der Waals surface area contributed by atoms with E-state index >= 15 is 0 Å². The number of aliphatic carboxylic acids is 1. The average Bonchev–Trinajstić information content (AvgIpc) is 2.98. The van der Waals surface area contributed by atoms with Crippen molar-refractivity contribution in [3.63, 3.8) is 0 Å². The third-order valence-corrected chi connectivity index (χ3v) is 3.14. The van der Waals surface area contributed by atoms with E-state index in [1.54, 1.807) is 0 Å². The molecule has 1 fully saturated rings. The third-order valence-electron chi connectivity index (χ3n) is 3.14. The van der Waals surface area contributed by atoms with Gasteiger partial charge in [0, 0.05) is 6.42 Å². The first-order valence-electron chi connectivity index (χ1n) is 6.12. The normalized spacial score (nSPS) is 17.7. The zero-order valence-corrected chi connectivity index (χ0v) is 9.67. The highest BCUT2D eigenvalue weighted by molar-refractivity contribution is 5.66. The quantitative estimate of drug-likeness (QED) is 0.578. The summed E-state index contributed by atoms with van der Waals surface area (Å²) >= 11 is 0. The Kier molecular flexibility index (Phi) is 5.69. The number of unbranched alkanes of at least 4 members (excludes halogenated alkanes) is 2. The summed E-state index contributed by atoms with van der Waals surface area (Å²) in [5.74, 6) is 1.12. The first-order valence-corrected chi connectivity index (χ1v) is 6.12.